The van der Waals surface area contributed by atoms with E-state index in [2.05, 4.69) is 27.2 Å². The lowest BCUT2D eigenvalue weighted by molar-refractivity contribution is 0.294. The van der Waals surface area contributed by atoms with Crippen LogP contribution in [0.5, 0.6) is 0 Å². The normalized spacial score (nSPS) is 17.5. The van der Waals surface area contributed by atoms with E-state index in [-0.39, 0.29) is 0 Å². The van der Waals surface area contributed by atoms with E-state index in [9.17, 15) is 0 Å². The molecule has 0 unspecified atom stereocenters. The number of rotatable bonds is 3. The third-order valence-electron chi connectivity index (χ3n) is 3.16. The maximum atomic E-state index is 9.12. The lowest BCUT2D eigenvalue weighted by Crippen LogP contribution is -2.31. The molecule has 18 heavy (non-hydrogen) atoms. The first-order chi connectivity index (χ1) is 8.76. The van der Waals surface area contributed by atoms with Crippen LogP contribution in [0.4, 0.5) is 5.00 Å². The molecule has 0 amide bonds. The first-order valence-electron chi connectivity index (χ1n) is 6.28. The molecule has 1 aliphatic heterocycles. The van der Waals surface area contributed by atoms with Crippen molar-refractivity contribution in [3.8, 4) is 6.07 Å². The second-order valence-corrected chi connectivity index (χ2v) is 5.56. The third-order valence-corrected chi connectivity index (χ3v) is 4.44. The lowest BCUT2D eigenvalue weighted by Gasteiger charge is -2.21. The van der Waals surface area contributed by atoms with Crippen LogP contribution < -0.4 is 4.90 Å². The quantitative estimate of drug-likeness (QED) is 0.856. The molecule has 0 N–H and O–H groups in total. The van der Waals surface area contributed by atoms with Gasteiger partial charge in [0.05, 0.1) is 0 Å². The van der Waals surface area contributed by atoms with Gasteiger partial charge in [0.2, 0.25) is 0 Å². The molecule has 1 aromatic rings. The Morgan fingerprint density at radius 3 is 2.94 bits per heavy atom. The van der Waals surface area contributed by atoms with E-state index in [1.165, 1.54) is 18.0 Å². The van der Waals surface area contributed by atoms with Gasteiger partial charge in [0.25, 0.3) is 0 Å². The monoisotopic (exact) mass is 284 g/mol. The molecule has 6 heteroatoms. The Balaban J connectivity index is 2.08. The van der Waals surface area contributed by atoms with Gasteiger partial charge in [-0.3, -0.25) is 0 Å². The second kappa shape index (κ2) is 6.37. The summed E-state index contributed by atoms with van der Waals surface area (Å²) in [5, 5.41) is 10.4. The van der Waals surface area contributed by atoms with Crippen LogP contribution >= 0.6 is 23.1 Å². The third kappa shape index (κ3) is 2.94. The van der Waals surface area contributed by atoms with Crippen molar-refractivity contribution in [3.63, 3.8) is 0 Å². The molecule has 0 saturated carbocycles. The first-order valence-corrected chi connectivity index (χ1v) is 7.44. The minimum absolute atomic E-state index is 0.340. The van der Waals surface area contributed by atoms with Gasteiger partial charge in [0.1, 0.15) is 16.6 Å². The number of hydrogen-bond acceptors (Lipinski definition) is 5. The summed E-state index contributed by atoms with van der Waals surface area (Å²) in [5.74, 6) is 0. The molecule has 4 nitrogen and oxygen atoms in total. The van der Waals surface area contributed by atoms with Crippen molar-refractivity contribution in [2.75, 3.05) is 37.6 Å². The Bertz CT molecular complexity index is 440. The first kappa shape index (κ1) is 13.6. The van der Waals surface area contributed by atoms with Gasteiger partial charge in [0.15, 0.2) is 5.15 Å². The number of nitriles is 1. The second-order valence-electron chi connectivity index (χ2n) is 4.45. The Morgan fingerprint density at radius 2 is 2.22 bits per heavy atom. The molecule has 2 rings (SSSR count). The number of nitrogens with zero attached hydrogens (tertiary/aromatic N) is 4. The van der Waals surface area contributed by atoms with Crippen molar-refractivity contribution in [1.29, 1.82) is 5.26 Å². The molecule has 1 fully saturated rings. The molecule has 0 atom stereocenters. The van der Waals surface area contributed by atoms with Gasteiger partial charge < -0.3 is 9.80 Å². The molecule has 1 aliphatic rings. The summed E-state index contributed by atoms with van der Waals surface area (Å²) in [6, 6.07) is 2.16. The van der Waals surface area contributed by atoms with Crippen molar-refractivity contribution >= 4 is 28.1 Å². The highest BCUT2D eigenvalue weighted by molar-refractivity contribution is 7.10. The predicted octanol–water partition coefficient (Wildman–Crippen LogP) is 2.59. The molecular formula is C12H17ClN4S. The van der Waals surface area contributed by atoms with Crippen LogP contribution in [0.1, 0.15) is 25.3 Å². The van der Waals surface area contributed by atoms with E-state index in [4.69, 9.17) is 16.9 Å². The molecule has 2 heterocycles. The minimum atomic E-state index is 0.340. The zero-order chi connectivity index (χ0) is 13.0. The van der Waals surface area contributed by atoms with Crippen molar-refractivity contribution in [1.82, 2.24) is 9.27 Å². The summed E-state index contributed by atoms with van der Waals surface area (Å²) in [4.78, 5) is 4.73. The Kier molecular flexibility index (Phi) is 4.81. The molecular weight excluding hydrogens is 268 g/mol. The lowest BCUT2D eigenvalue weighted by atomic mass is 10.3. The molecule has 0 spiro atoms. The van der Waals surface area contributed by atoms with E-state index >= 15 is 0 Å². The van der Waals surface area contributed by atoms with Gasteiger partial charge in [-0.1, -0.05) is 18.5 Å². The predicted molar refractivity (Wildman–Crippen MR) is 75.4 cm³/mol. The van der Waals surface area contributed by atoms with Crippen molar-refractivity contribution in [2.45, 2.75) is 19.8 Å². The van der Waals surface area contributed by atoms with Gasteiger partial charge in [-0.25, -0.2) is 0 Å². The molecule has 0 aliphatic carbocycles. The summed E-state index contributed by atoms with van der Waals surface area (Å²) in [6.07, 6.45) is 2.32. The average molecular weight is 285 g/mol. The van der Waals surface area contributed by atoms with Gasteiger partial charge in [-0.2, -0.15) is 9.64 Å². The highest BCUT2D eigenvalue weighted by Gasteiger charge is 2.21. The molecule has 1 saturated heterocycles. The maximum Gasteiger partial charge on any atom is 0.162 e. The Morgan fingerprint density at radius 1 is 1.39 bits per heavy atom. The fraction of sp³-hybridized carbons (Fsp3) is 0.667. The van der Waals surface area contributed by atoms with E-state index in [1.807, 2.05) is 0 Å². The van der Waals surface area contributed by atoms with Crippen LogP contribution in [0.15, 0.2) is 0 Å². The van der Waals surface area contributed by atoms with Crippen LogP contribution in [0.25, 0.3) is 0 Å². The zero-order valence-electron chi connectivity index (χ0n) is 10.5. The van der Waals surface area contributed by atoms with Crippen LogP contribution in [-0.4, -0.2) is 42.0 Å². The molecule has 98 valence electrons. The highest BCUT2D eigenvalue weighted by atomic mass is 35.5. The van der Waals surface area contributed by atoms with E-state index in [1.54, 1.807) is 0 Å². The van der Waals surface area contributed by atoms with Gasteiger partial charge in [-0.05, 0) is 37.5 Å². The Labute approximate surface area is 117 Å². The van der Waals surface area contributed by atoms with Gasteiger partial charge in [-0.15, -0.1) is 0 Å². The molecule has 0 bridgehead atoms. The fourth-order valence-electron chi connectivity index (χ4n) is 2.29. The minimum Gasteiger partial charge on any atom is -0.360 e. The number of anilines is 1. The SMILES string of the molecule is CCCN1CCCN(c2snc(Cl)c2C#N)CC1. The van der Waals surface area contributed by atoms with Crippen LogP contribution in [0.2, 0.25) is 5.15 Å². The standard InChI is InChI=1S/C12H17ClN4S/c1-2-4-16-5-3-6-17(8-7-16)12-10(9-14)11(13)15-18-12/h2-8H2,1H3. The molecule has 0 radical (unpaired) electrons. The van der Waals surface area contributed by atoms with E-state index < -0.39 is 0 Å². The van der Waals surface area contributed by atoms with Crippen LogP contribution in [0.3, 0.4) is 0 Å². The summed E-state index contributed by atoms with van der Waals surface area (Å²) < 4.78 is 4.08. The van der Waals surface area contributed by atoms with Crippen molar-refractivity contribution in [3.05, 3.63) is 10.7 Å². The summed E-state index contributed by atoms with van der Waals surface area (Å²) in [5.41, 5.74) is 0.533. The van der Waals surface area contributed by atoms with Crippen LogP contribution in [-0.2, 0) is 0 Å². The summed E-state index contributed by atoms with van der Waals surface area (Å²) in [6.45, 7) is 7.48. The van der Waals surface area contributed by atoms with E-state index in [0.717, 1.165) is 44.1 Å². The van der Waals surface area contributed by atoms with E-state index in [0.29, 0.717) is 10.7 Å². The van der Waals surface area contributed by atoms with Crippen molar-refractivity contribution < 1.29 is 0 Å². The van der Waals surface area contributed by atoms with Crippen molar-refractivity contribution in [2.24, 2.45) is 0 Å². The average Bonchev–Trinajstić information content (AvgIpc) is 2.59. The molecule has 1 aromatic heterocycles. The fourth-order valence-corrected chi connectivity index (χ4v) is 3.37. The highest BCUT2D eigenvalue weighted by Crippen LogP contribution is 2.31. The smallest absolute Gasteiger partial charge is 0.162 e. The zero-order valence-corrected chi connectivity index (χ0v) is 12.1. The van der Waals surface area contributed by atoms with Gasteiger partial charge in [0, 0.05) is 19.6 Å². The Hall–Kier alpha value is -0.830. The maximum absolute atomic E-state index is 9.12. The summed E-state index contributed by atoms with van der Waals surface area (Å²) >= 11 is 7.26. The molecule has 0 aromatic carbocycles. The summed E-state index contributed by atoms with van der Waals surface area (Å²) in [7, 11) is 0. The van der Waals surface area contributed by atoms with Crippen LogP contribution in [0, 0.1) is 11.3 Å². The topological polar surface area (TPSA) is 43.2 Å². The largest absolute Gasteiger partial charge is 0.360 e. The number of hydrogen-bond donors (Lipinski definition) is 0. The van der Waals surface area contributed by atoms with Gasteiger partial charge >= 0.3 is 0 Å². The number of aromatic nitrogens is 1. The number of halogens is 1.